The van der Waals surface area contributed by atoms with Crippen molar-refractivity contribution in [3.63, 3.8) is 0 Å². The molecule has 0 aliphatic carbocycles. The summed E-state index contributed by atoms with van der Waals surface area (Å²) in [4.78, 5) is 15.8. The highest BCUT2D eigenvalue weighted by atomic mass is 35.5. The zero-order valence-corrected chi connectivity index (χ0v) is 11.1. The first-order valence-electron chi connectivity index (χ1n) is 5.78. The summed E-state index contributed by atoms with van der Waals surface area (Å²) < 4.78 is 5.51. The number of halogens is 1. The zero-order valence-electron chi connectivity index (χ0n) is 10.3. The number of benzene rings is 1. The van der Waals surface area contributed by atoms with Gasteiger partial charge < -0.3 is 10.1 Å². The fourth-order valence-corrected chi connectivity index (χ4v) is 1.66. The van der Waals surface area contributed by atoms with Gasteiger partial charge in [-0.1, -0.05) is 17.7 Å². The number of hydrogen-bond acceptors (Lipinski definition) is 3. The molecule has 0 saturated heterocycles. The summed E-state index contributed by atoms with van der Waals surface area (Å²) in [6, 6.07) is 10.4. The molecule has 0 saturated carbocycles. The van der Waals surface area contributed by atoms with Gasteiger partial charge in [0.25, 0.3) is 5.91 Å². The minimum atomic E-state index is -0.626. The average molecular weight is 277 g/mol. The van der Waals surface area contributed by atoms with E-state index in [0.29, 0.717) is 16.5 Å². The Morgan fingerprint density at radius 1 is 1.37 bits per heavy atom. The van der Waals surface area contributed by atoms with Crippen molar-refractivity contribution in [2.45, 2.75) is 13.0 Å². The van der Waals surface area contributed by atoms with Crippen molar-refractivity contribution in [2.24, 2.45) is 0 Å². The molecule has 0 radical (unpaired) electrons. The van der Waals surface area contributed by atoms with Gasteiger partial charge in [0.1, 0.15) is 5.75 Å². The van der Waals surface area contributed by atoms with Crippen molar-refractivity contribution in [3.05, 3.63) is 53.8 Å². The second-order valence-electron chi connectivity index (χ2n) is 3.95. The van der Waals surface area contributed by atoms with E-state index in [4.69, 9.17) is 16.3 Å². The third-order valence-corrected chi connectivity index (χ3v) is 2.64. The summed E-state index contributed by atoms with van der Waals surface area (Å²) in [5.41, 5.74) is 0.633. The number of nitrogens with zero attached hydrogens (tertiary/aromatic N) is 1. The number of hydrogen-bond donors (Lipinski definition) is 1. The number of rotatable bonds is 4. The monoisotopic (exact) mass is 276 g/mol. The molecule has 1 N–H and O–H groups in total. The van der Waals surface area contributed by atoms with Crippen LogP contribution in [0.4, 0.5) is 5.69 Å². The van der Waals surface area contributed by atoms with Crippen LogP contribution >= 0.6 is 11.6 Å². The molecule has 2 aromatic rings. The van der Waals surface area contributed by atoms with Crippen molar-refractivity contribution in [1.29, 1.82) is 0 Å². The zero-order chi connectivity index (χ0) is 13.7. The maximum Gasteiger partial charge on any atom is 0.265 e. The van der Waals surface area contributed by atoms with Crippen LogP contribution in [0.5, 0.6) is 5.75 Å². The van der Waals surface area contributed by atoms with Crippen LogP contribution in [0.1, 0.15) is 6.92 Å². The quantitative estimate of drug-likeness (QED) is 0.933. The lowest BCUT2D eigenvalue weighted by atomic mass is 10.3. The minimum absolute atomic E-state index is 0.243. The van der Waals surface area contributed by atoms with Gasteiger partial charge >= 0.3 is 0 Å². The predicted molar refractivity (Wildman–Crippen MR) is 74.4 cm³/mol. The molecule has 0 aliphatic rings. The molecular weight excluding hydrogens is 264 g/mol. The molecule has 5 heteroatoms. The number of carbonyl (C=O) groups is 1. The van der Waals surface area contributed by atoms with Crippen molar-refractivity contribution >= 4 is 23.2 Å². The Bertz CT molecular complexity index is 560. The van der Waals surface area contributed by atoms with Gasteiger partial charge in [0, 0.05) is 11.2 Å². The SMILES string of the molecule is C[C@H](Oc1cccc(Cl)c1)C(=O)Nc1cccnc1. The first-order chi connectivity index (χ1) is 9.15. The molecule has 1 atom stereocenters. The lowest BCUT2D eigenvalue weighted by molar-refractivity contribution is -0.122. The molecule has 0 unspecified atom stereocenters. The second kappa shape index (κ2) is 6.20. The third-order valence-electron chi connectivity index (χ3n) is 2.41. The minimum Gasteiger partial charge on any atom is -0.481 e. The summed E-state index contributed by atoms with van der Waals surface area (Å²) >= 11 is 5.85. The van der Waals surface area contributed by atoms with E-state index < -0.39 is 6.10 Å². The van der Waals surface area contributed by atoms with E-state index in [1.165, 1.54) is 0 Å². The molecule has 1 aromatic carbocycles. The van der Waals surface area contributed by atoms with Crippen molar-refractivity contribution in [2.75, 3.05) is 5.32 Å². The molecule has 4 nitrogen and oxygen atoms in total. The second-order valence-corrected chi connectivity index (χ2v) is 4.38. The van der Waals surface area contributed by atoms with Crippen LogP contribution in [0, 0.1) is 0 Å². The molecule has 0 fully saturated rings. The molecule has 0 aliphatic heterocycles. The van der Waals surface area contributed by atoms with Crippen LogP contribution in [0.25, 0.3) is 0 Å². The van der Waals surface area contributed by atoms with Crippen LogP contribution in [-0.2, 0) is 4.79 Å². The van der Waals surface area contributed by atoms with E-state index in [1.807, 2.05) is 0 Å². The molecule has 2 rings (SSSR count). The molecule has 98 valence electrons. The van der Waals surface area contributed by atoms with Crippen molar-refractivity contribution in [1.82, 2.24) is 4.98 Å². The summed E-state index contributed by atoms with van der Waals surface area (Å²) in [7, 11) is 0. The van der Waals surface area contributed by atoms with Crippen molar-refractivity contribution in [3.8, 4) is 5.75 Å². The lowest BCUT2D eigenvalue weighted by Gasteiger charge is -2.14. The molecular formula is C14H13ClN2O2. The number of anilines is 1. The van der Waals surface area contributed by atoms with Crippen LogP contribution in [0.15, 0.2) is 48.8 Å². The Morgan fingerprint density at radius 2 is 2.21 bits per heavy atom. The maximum atomic E-state index is 11.9. The summed E-state index contributed by atoms with van der Waals surface area (Å²) in [5.74, 6) is 0.314. The van der Waals surface area contributed by atoms with Crippen molar-refractivity contribution < 1.29 is 9.53 Å². The Balaban J connectivity index is 1.96. The molecule has 1 aromatic heterocycles. The average Bonchev–Trinajstić information content (AvgIpc) is 2.40. The first kappa shape index (κ1) is 13.4. The number of nitrogens with one attached hydrogen (secondary N) is 1. The van der Waals surface area contributed by atoms with Gasteiger partial charge in [0.15, 0.2) is 6.10 Å². The van der Waals surface area contributed by atoms with E-state index in [-0.39, 0.29) is 5.91 Å². The van der Waals surface area contributed by atoms with E-state index in [2.05, 4.69) is 10.3 Å². The van der Waals surface area contributed by atoms with Crippen LogP contribution in [-0.4, -0.2) is 17.0 Å². The number of pyridine rings is 1. The van der Waals surface area contributed by atoms with Crippen LogP contribution in [0.3, 0.4) is 0 Å². The molecule has 0 bridgehead atoms. The molecule has 19 heavy (non-hydrogen) atoms. The van der Waals surface area contributed by atoms with E-state index in [1.54, 1.807) is 55.7 Å². The molecule has 1 heterocycles. The Labute approximate surface area is 116 Å². The highest BCUT2D eigenvalue weighted by Crippen LogP contribution is 2.18. The molecule has 0 spiro atoms. The highest BCUT2D eigenvalue weighted by molar-refractivity contribution is 6.30. The summed E-state index contributed by atoms with van der Waals surface area (Å²) in [6.45, 7) is 1.67. The van der Waals surface area contributed by atoms with Gasteiger partial charge in [-0.25, -0.2) is 0 Å². The highest BCUT2D eigenvalue weighted by Gasteiger charge is 2.14. The van der Waals surface area contributed by atoms with Gasteiger partial charge in [-0.05, 0) is 37.3 Å². The van der Waals surface area contributed by atoms with Gasteiger partial charge in [0.05, 0.1) is 11.9 Å². The predicted octanol–water partition coefficient (Wildman–Crippen LogP) is 3.14. The fourth-order valence-electron chi connectivity index (χ4n) is 1.48. The number of ether oxygens (including phenoxy) is 1. The lowest BCUT2D eigenvalue weighted by Crippen LogP contribution is -2.30. The molecule has 1 amide bonds. The van der Waals surface area contributed by atoms with Gasteiger partial charge in [-0.3, -0.25) is 9.78 Å². The Morgan fingerprint density at radius 3 is 2.89 bits per heavy atom. The summed E-state index contributed by atoms with van der Waals surface area (Å²) in [6.07, 6.45) is 2.59. The van der Waals surface area contributed by atoms with Gasteiger partial charge in [-0.15, -0.1) is 0 Å². The third kappa shape index (κ3) is 3.96. The Kier molecular flexibility index (Phi) is 4.36. The number of aromatic nitrogens is 1. The van der Waals surface area contributed by atoms with E-state index in [0.717, 1.165) is 0 Å². The standard InChI is InChI=1S/C14H13ClN2O2/c1-10(19-13-6-2-4-11(15)8-13)14(18)17-12-5-3-7-16-9-12/h2-10H,1H3,(H,17,18)/t10-/m0/s1. The number of amides is 1. The van der Waals surface area contributed by atoms with Gasteiger partial charge in [0.2, 0.25) is 0 Å². The maximum absolute atomic E-state index is 11.9. The van der Waals surface area contributed by atoms with Crippen LogP contribution in [0.2, 0.25) is 5.02 Å². The smallest absolute Gasteiger partial charge is 0.265 e. The van der Waals surface area contributed by atoms with Gasteiger partial charge in [-0.2, -0.15) is 0 Å². The Hall–Kier alpha value is -2.07. The van der Waals surface area contributed by atoms with E-state index >= 15 is 0 Å². The van der Waals surface area contributed by atoms with Crippen LogP contribution < -0.4 is 10.1 Å². The normalized spacial score (nSPS) is 11.7. The largest absolute Gasteiger partial charge is 0.481 e. The topological polar surface area (TPSA) is 51.2 Å². The fraction of sp³-hybridized carbons (Fsp3) is 0.143. The number of carbonyl (C=O) groups excluding carboxylic acids is 1. The first-order valence-corrected chi connectivity index (χ1v) is 6.16. The summed E-state index contributed by atoms with van der Waals surface area (Å²) in [5, 5.41) is 3.28. The van der Waals surface area contributed by atoms with E-state index in [9.17, 15) is 4.79 Å².